The van der Waals surface area contributed by atoms with Gasteiger partial charge in [-0.2, -0.15) is 0 Å². The van der Waals surface area contributed by atoms with Crippen LogP contribution in [-0.2, 0) is 11.2 Å². The van der Waals surface area contributed by atoms with Crippen LogP contribution in [0.15, 0.2) is 36.8 Å². The van der Waals surface area contributed by atoms with Gasteiger partial charge in [-0.15, -0.1) is 0 Å². The van der Waals surface area contributed by atoms with Crippen LogP contribution in [0.3, 0.4) is 0 Å². The Kier molecular flexibility index (Phi) is 8.72. The fraction of sp³-hybridized carbons (Fsp3) is 0.455. The molecule has 3 rings (SSSR count). The minimum Gasteiger partial charge on any atom is -0.394 e. The number of fused-ring (bicyclic) bond motifs is 1. The maximum Gasteiger partial charge on any atom is 0.140 e. The second-order valence-corrected chi connectivity index (χ2v) is 7.03. The first-order chi connectivity index (χ1) is 13.9. The van der Waals surface area contributed by atoms with Gasteiger partial charge in [0, 0.05) is 25.1 Å². The number of ether oxygens (including phenoxy) is 1. The standard InChI is InChI=1S/C15H24O4.C7H7N3/c1-4-11-7-10(2)5-6-12(11)15(19-3)8-13(17)14(18)9-16;1-5-6-2-3-8-7(6)10-4-9-5/h5-7,13-18H,4,8-9H2,1-3H3;2-4H,1H3,(H,8,9,10). The number of aromatic nitrogens is 3. The van der Waals surface area contributed by atoms with E-state index in [1.54, 1.807) is 13.4 Å². The summed E-state index contributed by atoms with van der Waals surface area (Å²) in [5, 5.41) is 29.2. The van der Waals surface area contributed by atoms with E-state index in [1.165, 1.54) is 11.1 Å². The smallest absolute Gasteiger partial charge is 0.140 e. The van der Waals surface area contributed by atoms with Crippen molar-refractivity contribution in [2.75, 3.05) is 13.7 Å². The number of benzene rings is 1. The summed E-state index contributed by atoms with van der Waals surface area (Å²) >= 11 is 0. The molecular formula is C22H31N3O4. The molecule has 3 atom stereocenters. The van der Waals surface area contributed by atoms with Crippen molar-refractivity contribution >= 4 is 11.0 Å². The number of H-pyrrole nitrogens is 1. The minimum absolute atomic E-state index is 0.258. The topological polar surface area (TPSA) is 111 Å². The molecular weight excluding hydrogens is 370 g/mol. The van der Waals surface area contributed by atoms with Gasteiger partial charge in [-0.1, -0.05) is 30.7 Å². The van der Waals surface area contributed by atoms with Crippen LogP contribution in [0.2, 0.25) is 0 Å². The number of nitrogens with one attached hydrogen (secondary N) is 1. The average molecular weight is 402 g/mol. The highest BCUT2D eigenvalue weighted by atomic mass is 16.5. The van der Waals surface area contributed by atoms with Crippen molar-refractivity contribution in [2.24, 2.45) is 0 Å². The Labute approximate surface area is 171 Å². The van der Waals surface area contributed by atoms with E-state index in [9.17, 15) is 10.2 Å². The molecule has 0 saturated heterocycles. The van der Waals surface area contributed by atoms with E-state index in [0.29, 0.717) is 0 Å². The number of methoxy groups -OCH3 is 1. The summed E-state index contributed by atoms with van der Waals surface area (Å²) in [6, 6.07) is 8.09. The third kappa shape index (κ3) is 6.08. The van der Waals surface area contributed by atoms with Crippen LogP contribution >= 0.6 is 0 Å². The van der Waals surface area contributed by atoms with Crippen molar-refractivity contribution in [3.8, 4) is 0 Å². The predicted molar refractivity (Wildman–Crippen MR) is 113 cm³/mol. The van der Waals surface area contributed by atoms with Crippen molar-refractivity contribution in [1.82, 2.24) is 15.0 Å². The molecule has 0 fully saturated rings. The highest BCUT2D eigenvalue weighted by molar-refractivity contribution is 5.77. The number of rotatable bonds is 7. The molecule has 0 aliphatic carbocycles. The molecule has 0 radical (unpaired) electrons. The molecule has 0 saturated carbocycles. The van der Waals surface area contributed by atoms with Gasteiger partial charge in [-0.25, -0.2) is 9.97 Å². The van der Waals surface area contributed by atoms with Gasteiger partial charge in [0.05, 0.1) is 24.5 Å². The van der Waals surface area contributed by atoms with Gasteiger partial charge in [0.15, 0.2) is 0 Å². The Balaban J connectivity index is 0.000000248. The van der Waals surface area contributed by atoms with Gasteiger partial charge in [0.2, 0.25) is 0 Å². The fourth-order valence-electron chi connectivity index (χ4n) is 3.21. The first-order valence-electron chi connectivity index (χ1n) is 9.75. The van der Waals surface area contributed by atoms with Gasteiger partial charge < -0.3 is 25.0 Å². The van der Waals surface area contributed by atoms with Crippen LogP contribution in [0.25, 0.3) is 11.0 Å². The molecule has 158 valence electrons. The van der Waals surface area contributed by atoms with Crippen molar-refractivity contribution in [3.63, 3.8) is 0 Å². The molecule has 2 heterocycles. The van der Waals surface area contributed by atoms with Crippen LogP contribution in [0.5, 0.6) is 0 Å². The zero-order chi connectivity index (χ0) is 21.4. The number of hydrogen-bond donors (Lipinski definition) is 4. The van der Waals surface area contributed by atoms with Crippen LogP contribution < -0.4 is 0 Å². The summed E-state index contributed by atoms with van der Waals surface area (Å²) in [6.07, 6.45) is 2.16. The quantitative estimate of drug-likeness (QED) is 0.484. The zero-order valence-corrected chi connectivity index (χ0v) is 17.5. The summed E-state index contributed by atoms with van der Waals surface area (Å²) in [5.74, 6) is 0. The van der Waals surface area contributed by atoms with Crippen molar-refractivity contribution in [1.29, 1.82) is 0 Å². The SMILES string of the molecule is CCc1cc(C)ccc1C(CC(O)C(O)CO)OC.Cc1ncnc2[nH]ccc12. The summed E-state index contributed by atoms with van der Waals surface area (Å²) < 4.78 is 5.43. The van der Waals surface area contributed by atoms with Crippen molar-refractivity contribution in [3.05, 3.63) is 59.2 Å². The molecule has 0 aliphatic rings. The lowest BCUT2D eigenvalue weighted by Crippen LogP contribution is -2.31. The van der Waals surface area contributed by atoms with E-state index in [4.69, 9.17) is 9.84 Å². The van der Waals surface area contributed by atoms with Gasteiger partial charge in [-0.3, -0.25) is 0 Å². The summed E-state index contributed by atoms with van der Waals surface area (Å²) in [5.41, 5.74) is 5.32. The molecule has 1 aromatic carbocycles. The molecule has 7 nitrogen and oxygen atoms in total. The third-order valence-electron chi connectivity index (χ3n) is 4.95. The van der Waals surface area contributed by atoms with Crippen LogP contribution in [0.1, 0.15) is 41.8 Å². The number of aliphatic hydroxyl groups excluding tert-OH is 3. The first kappa shape index (κ1) is 23.0. The second-order valence-electron chi connectivity index (χ2n) is 7.03. The van der Waals surface area contributed by atoms with Gasteiger partial charge in [0.1, 0.15) is 18.1 Å². The zero-order valence-electron chi connectivity index (χ0n) is 17.5. The first-order valence-corrected chi connectivity index (χ1v) is 9.75. The maximum absolute atomic E-state index is 9.81. The van der Waals surface area contributed by atoms with E-state index in [0.717, 1.165) is 28.7 Å². The molecule has 4 N–H and O–H groups in total. The molecule has 0 bridgehead atoms. The largest absolute Gasteiger partial charge is 0.394 e. The van der Waals surface area contributed by atoms with E-state index >= 15 is 0 Å². The molecule has 0 spiro atoms. The highest BCUT2D eigenvalue weighted by Crippen LogP contribution is 2.27. The maximum atomic E-state index is 9.81. The van der Waals surface area contributed by atoms with E-state index in [2.05, 4.69) is 27.9 Å². The number of nitrogens with zero attached hydrogens (tertiary/aromatic N) is 2. The second kappa shape index (κ2) is 11.0. The molecule has 3 aromatic rings. The molecule has 29 heavy (non-hydrogen) atoms. The Morgan fingerprint density at radius 1 is 1.10 bits per heavy atom. The lowest BCUT2D eigenvalue weighted by Gasteiger charge is -2.24. The number of aliphatic hydroxyl groups is 3. The van der Waals surface area contributed by atoms with Crippen LogP contribution in [-0.4, -0.2) is 56.2 Å². The monoisotopic (exact) mass is 401 g/mol. The molecule has 7 heteroatoms. The van der Waals surface area contributed by atoms with Crippen molar-refractivity contribution < 1.29 is 20.1 Å². The molecule has 3 unspecified atom stereocenters. The fourth-order valence-corrected chi connectivity index (χ4v) is 3.21. The number of hydrogen-bond acceptors (Lipinski definition) is 6. The Morgan fingerprint density at radius 3 is 2.48 bits per heavy atom. The molecule has 0 aliphatic heterocycles. The van der Waals surface area contributed by atoms with Crippen LogP contribution in [0.4, 0.5) is 0 Å². The van der Waals surface area contributed by atoms with E-state index in [1.807, 2.05) is 38.2 Å². The summed E-state index contributed by atoms with van der Waals surface area (Å²) in [6.45, 7) is 5.63. The number of aromatic amines is 1. The van der Waals surface area contributed by atoms with Gasteiger partial charge >= 0.3 is 0 Å². The summed E-state index contributed by atoms with van der Waals surface area (Å²) in [7, 11) is 1.59. The van der Waals surface area contributed by atoms with E-state index < -0.39 is 18.8 Å². The Bertz CT molecular complexity index is 897. The third-order valence-corrected chi connectivity index (χ3v) is 4.95. The van der Waals surface area contributed by atoms with Crippen LogP contribution in [0, 0.1) is 13.8 Å². The average Bonchev–Trinajstić information content (AvgIpc) is 3.22. The molecule has 2 aromatic heterocycles. The minimum atomic E-state index is -1.13. The summed E-state index contributed by atoms with van der Waals surface area (Å²) in [4.78, 5) is 11.1. The molecule has 0 amide bonds. The van der Waals surface area contributed by atoms with E-state index in [-0.39, 0.29) is 12.5 Å². The predicted octanol–water partition coefficient (Wildman–Crippen LogP) is 2.62. The lowest BCUT2D eigenvalue weighted by atomic mass is 9.94. The highest BCUT2D eigenvalue weighted by Gasteiger charge is 2.23. The lowest BCUT2D eigenvalue weighted by molar-refractivity contribution is -0.0440. The van der Waals surface area contributed by atoms with Crippen molar-refractivity contribution in [2.45, 2.75) is 51.9 Å². The van der Waals surface area contributed by atoms with Gasteiger partial charge in [0.25, 0.3) is 0 Å². The Hall–Kier alpha value is -2.32. The van der Waals surface area contributed by atoms with Gasteiger partial charge in [-0.05, 0) is 37.5 Å². The normalized spacial score (nSPS) is 14.2. The number of aryl methyl sites for hydroxylation is 3. The Morgan fingerprint density at radius 2 is 1.86 bits per heavy atom.